The maximum atomic E-state index is 7.02. The minimum atomic E-state index is 0.162. The SMILES string of the molecule is CCCCCCCCOCCC[C@@H](C)[C@H]1CC[C@H]2[C@@H]3[C@H](OCCCN)C[C@@H]4C[C@H](OCCCN)CC[C@]4(C)[C@H]3CC(OCCCN)[C@]12C. The molecule has 0 aromatic rings. The van der Waals surface area contributed by atoms with E-state index in [1.165, 1.54) is 77.0 Å². The van der Waals surface area contributed by atoms with Crippen LogP contribution < -0.4 is 17.2 Å². The summed E-state index contributed by atoms with van der Waals surface area (Å²) in [6.45, 7) is 16.4. The molecule has 48 heavy (non-hydrogen) atoms. The first-order valence-corrected chi connectivity index (χ1v) is 20.9. The molecule has 0 spiro atoms. The highest BCUT2D eigenvalue weighted by Gasteiger charge is 2.66. The van der Waals surface area contributed by atoms with Crippen molar-refractivity contribution in [2.24, 2.45) is 63.5 Å². The summed E-state index contributed by atoms with van der Waals surface area (Å²) in [4.78, 5) is 0. The van der Waals surface area contributed by atoms with Crippen molar-refractivity contribution >= 4 is 0 Å². The van der Waals surface area contributed by atoms with E-state index in [1.54, 1.807) is 0 Å². The summed E-state index contributed by atoms with van der Waals surface area (Å²) in [5.41, 5.74) is 18.2. The molecule has 6 N–H and O–H groups in total. The molecule has 11 atom stereocenters. The molecule has 4 aliphatic carbocycles. The van der Waals surface area contributed by atoms with Crippen molar-refractivity contribution in [3.63, 3.8) is 0 Å². The lowest BCUT2D eigenvalue weighted by molar-refractivity contribution is -0.227. The van der Waals surface area contributed by atoms with Gasteiger partial charge in [-0.2, -0.15) is 0 Å². The van der Waals surface area contributed by atoms with Crippen molar-refractivity contribution in [1.29, 1.82) is 0 Å². The van der Waals surface area contributed by atoms with Gasteiger partial charge in [-0.15, -0.1) is 0 Å². The van der Waals surface area contributed by atoms with Crippen LogP contribution in [-0.4, -0.2) is 71.0 Å². The topological polar surface area (TPSA) is 115 Å². The summed E-state index contributed by atoms with van der Waals surface area (Å²) in [5.74, 6) is 3.81. The van der Waals surface area contributed by atoms with E-state index in [1.807, 2.05) is 0 Å². The fraction of sp³-hybridized carbons (Fsp3) is 1.00. The van der Waals surface area contributed by atoms with Gasteiger partial charge in [0.15, 0.2) is 0 Å². The fourth-order valence-electron chi connectivity index (χ4n) is 11.4. The second-order valence-corrected chi connectivity index (χ2v) is 17.0. The van der Waals surface area contributed by atoms with Crippen molar-refractivity contribution < 1.29 is 18.9 Å². The largest absolute Gasteiger partial charge is 0.381 e. The first-order valence-electron chi connectivity index (χ1n) is 20.9. The number of rotatable bonds is 24. The van der Waals surface area contributed by atoms with Crippen LogP contribution in [0.1, 0.15) is 143 Å². The van der Waals surface area contributed by atoms with Gasteiger partial charge in [0.05, 0.1) is 18.3 Å². The van der Waals surface area contributed by atoms with Crippen LogP contribution in [0.15, 0.2) is 0 Å². The minimum absolute atomic E-state index is 0.162. The van der Waals surface area contributed by atoms with Gasteiger partial charge in [-0.05, 0) is 144 Å². The van der Waals surface area contributed by atoms with Crippen molar-refractivity contribution in [3.05, 3.63) is 0 Å². The number of unbranched alkanes of at least 4 members (excludes halogenated alkanes) is 5. The van der Waals surface area contributed by atoms with Crippen molar-refractivity contribution in [3.8, 4) is 0 Å². The third kappa shape index (κ3) is 9.98. The summed E-state index contributed by atoms with van der Waals surface area (Å²) in [6, 6.07) is 0. The molecule has 4 rings (SSSR count). The molecule has 0 aromatic carbocycles. The van der Waals surface area contributed by atoms with Gasteiger partial charge in [-0.1, -0.05) is 59.8 Å². The van der Waals surface area contributed by atoms with E-state index in [-0.39, 0.29) is 11.5 Å². The third-order valence-electron chi connectivity index (χ3n) is 14.1. The zero-order valence-corrected chi connectivity index (χ0v) is 31.9. The second-order valence-electron chi connectivity index (χ2n) is 17.0. The van der Waals surface area contributed by atoms with E-state index in [2.05, 4.69) is 27.7 Å². The Morgan fingerprint density at radius 1 is 0.667 bits per heavy atom. The summed E-state index contributed by atoms with van der Waals surface area (Å²) >= 11 is 0. The van der Waals surface area contributed by atoms with Crippen LogP contribution in [0.5, 0.6) is 0 Å². The van der Waals surface area contributed by atoms with Crippen LogP contribution in [0.2, 0.25) is 0 Å². The van der Waals surface area contributed by atoms with Gasteiger partial charge in [0.25, 0.3) is 0 Å². The Hall–Kier alpha value is -0.280. The van der Waals surface area contributed by atoms with Crippen LogP contribution in [-0.2, 0) is 18.9 Å². The molecular weight excluding hydrogens is 598 g/mol. The molecule has 7 heteroatoms. The van der Waals surface area contributed by atoms with Crippen LogP contribution in [0.3, 0.4) is 0 Å². The highest BCUT2D eigenvalue weighted by Crippen LogP contribution is 2.69. The van der Waals surface area contributed by atoms with E-state index in [4.69, 9.17) is 36.1 Å². The van der Waals surface area contributed by atoms with E-state index >= 15 is 0 Å². The lowest BCUT2D eigenvalue weighted by Crippen LogP contribution is -2.63. The Bertz CT molecular complexity index is 879. The lowest BCUT2D eigenvalue weighted by atomic mass is 9.43. The summed E-state index contributed by atoms with van der Waals surface area (Å²) in [5, 5.41) is 0. The fourth-order valence-corrected chi connectivity index (χ4v) is 11.4. The molecule has 0 aliphatic heterocycles. The standard InChI is InChI=1S/C41H79N3O4/c1-5-6-7-8-9-10-23-45-24-11-15-31(2)34-16-17-35-39-36(30-38(41(34,35)4)48-27-14-22-44)40(3)19-18-33(46-25-12-20-42)28-32(40)29-37(39)47-26-13-21-43/h31-39H,5-30,42-44H2,1-4H3/t31-,32+,33-,34-,35+,36+,37-,38?,39+,40+,41-/m1/s1. The molecular formula is C41H79N3O4. The zero-order chi connectivity index (χ0) is 34.4. The quantitative estimate of drug-likeness (QED) is 0.0891. The number of fused-ring (bicyclic) bond motifs is 5. The molecule has 4 fully saturated rings. The maximum Gasteiger partial charge on any atom is 0.0637 e. The van der Waals surface area contributed by atoms with Gasteiger partial charge in [0.1, 0.15) is 0 Å². The molecule has 0 bridgehead atoms. The highest BCUT2D eigenvalue weighted by molar-refractivity contribution is 5.15. The Labute approximate surface area is 296 Å². The zero-order valence-electron chi connectivity index (χ0n) is 31.9. The summed E-state index contributed by atoms with van der Waals surface area (Å²) < 4.78 is 26.5. The molecule has 0 heterocycles. The predicted octanol–water partition coefficient (Wildman–Crippen LogP) is 7.86. The molecule has 0 aromatic heterocycles. The number of hydrogen-bond donors (Lipinski definition) is 3. The molecule has 282 valence electrons. The van der Waals surface area contributed by atoms with Crippen LogP contribution >= 0.6 is 0 Å². The van der Waals surface area contributed by atoms with Gasteiger partial charge in [0, 0.05) is 38.4 Å². The number of hydrogen-bond acceptors (Lipinski definition) is 7. The third-order valence-corrected chi connectivity index (χ3v) is 14.1. The monoisotopic (exact) mass is 678 g/mol. The Morgan fingerprint density at radius 2 is 1.33 bits per heavy atom. The molecule has 4 saturated carbocycles. The highest BCUT2D eigenvalue weighted by atomic mass is 16.5. The van der Waals surface area contributed by atoms with Gasteiger partial charge < -0.3 is 36.1 Å². The maximum absolute atomic E-state index is 7.02. The first-order chi connectivity index (χ1) is 23.3. The summed E-state index contributed by atoms with van der Waals surface area (Å²) in [6.07, 6.45) is 22.6. The Balaban J connectivity index is 1.46. The lowest BCUT2D eigenvalue weighted by Gasteiger charge is -2.65. The second kappa shape index (κ2) is 20.7. The van der Waals surface area contributed by atoms with Gasteiger partial charge in [-0.3, -0.25) is 0 Å². The van der Waals surface area contributed by atoms with Crippen LogP contribution in [0, 0.1) is 46.3 Å². The van der Waals surface area contributed by atoms with Crippen molar-refractivity contribution in [1.82, 2.24) is 0 Å². The molecule has 7 nitrogen and oxygen atoms in total. The average Bonchev–Trinajstić information content (AvgIpc) is 3.44. The normalized spacial score (nSPS) is 36.8. The molecule has 0 amide bonds. The van der Waals surface area contributed by atoms with Crippen LogP contribution in [0.25, 0.3) is 0 Å². The number of nitrogens with two attached hydrogens (primary N) is 3. The molecule has 1 unspecified atom stereocenters. The Kier molecular flexibility index (Phi) is 17.4. The van der Waals surface area contributed by atoms with Gasteiger partial charge in [-0.25, -0.2) is 0 Å². The smallest absolute Gasteiger partial charge is 0.0637 e. The van der Waals surface area contributed by atoms with E-state index in [0.717, 1.165) is 71.6 Å². The van der Waals surface area contributed by atoms with Crippen molar-refractivity contribution in [2.75, 3.05) is 52.7 Å². The van der Waals surface area contributed by atoms with Gasteiger partial charge >= 0.3 is 0 Å². The van der Waals surface area contributed by atoms with E-state index < -0.39 is 0 Å². The minimum Gasteiger partial charge on any atom is -0.381 e. The van der Waals surface area contributed by atoms with E-state index in [9.17, 15) is 0 Å². The Morgan fingerprint density at radius 3 is 2.06 bits per heavy atom. The van der Waals surface area contributed by atoms with Gasteiger partial charge in [0.2, 0.25) is 0 Å². The molecule has 0 radical (unpaired) electrons. The number of ether oxygens (including phenoxy) is 4. The average molecular weight is 678 g/mol. The van der Waals surface area contributed by atoms with Crippen molar-refractivity contribution in [2.45, 2.75) is 162 Å². The molecule has 4 aliphatic rings. The first kappa shape index (κ1) is 40.5. The van der Waals surface area contributed by atoms with E-state index in [0.29, 0.717) is 72.8 Å². The molecule has 0 saturated heterocycles. The van der Waals surface area contributed by atoms with Crippen LogP contribution in [0.4, 0.5) is 0 Å². The summed E-state index contributed by atoms with van der Waals surface area (Å²) in [7, 11) is 0. The predicted molar refractivity (Wildman–Crippen MR) is 199 cm³/mol.